The molecule has 3 heterocycles. The number of Topliss-reactive ketones (excluding diaryl/α,β-unsaturated/α-hetero) is 1. The van der Waals surface area contributed by atoms with Gasteiger partial charge in [-0.2, -0.15) is 0 Å². The number of ketones is 1. The predicted octanol–water partition coefficient (Wildman–Crippen LogP) is 4.65. The summed E-state index contributed by atoms with van der Waals surface area (Å²) in [6.07, 6.45) is 1.08. The minimum Gasteiger partial charge on any atom is -0.456 e. The molecule has 0 spiro atoms. The second-order valence-corrected chi connectivity index (χ2v) is 12.4. The first kappa shape index (κ1) is 28.3. The van der Waals surface area contributed by atoms with Gasteiger partial charge in [0.25, 0.3) is 0 Å². The Bertz CT molecular complexity index is 961. The predicted molar refractivity (Wildman–Crippen MR) is 136 cm³/mol. The number of rotatable bonds is 2. The van der Waals surface area contributed by atoms with Gasteiger partial charge in [0.1, 0.15) is 11.9 Å². The highest BCUT2D eigenvalue weighted by atomic mass is 35.5. The van der Waals surface area contributed by atoms with Gasteiger partial charge in [-0.15, -0.1) is 11.3 Å². The van der Waals surface area contributed by atoms with E-state index in [0.29, 0.717) is 17.1 Å². The number of hydrogen-bond donors (Lipinski definition) is 2. The van der Waals surface area contributed by atoms with Crippen LogP contribution in [0.4, 0.5) is 0 Å². The fourth-order valence-electron chi connectivity index (χ4n) is 4.86. The summed E-state index contributed by atoms with van der Waals surface area (Å²) in [6, 6.07) is 0. The molecule has 2 unspecified atom stereocenters. The van der Waals surface area contributed by atoms with E-state index in [2.05, 4.69) is 4.98 Å². The average Bonchev–Trinajstić information content (AvgIpc) is 3.22. The number of hydrogen-bond acceptors (Lipinski definition) is 8. The maximum absolute atomic E-state index is 13.2. The van der Waals surface area contributed by atoms with Gasteiger partial charge >= 0.3 is 5.97 Å². The van der Waals surface area contributed by atoms with Crippen molar-refractivity contribution in [1.82, 2.24) is 4.98 Å². The molecule has 0 aromatic carbocycles. The van der Waals surface area contributed by atoms with Gasteiger partial charge in [0.15, 0.2) is 0 Å². The summed E-state index contributed by atoms with van der Waals surface area (Å²) in [4.78, 5) is 30.5. The second-order valence-electron chi connectivity index (χ2n) is 10.9. The first-order chi connectivity index (χ1) is 16.2. The van der Waals surface area contributed by atoms with E-state index in [0.717, 1.165) is 24.3 Å². The highest BCUT2D eigenvalue weighted by Crippen LogP contribution is 2.45. The van der Waals surface area contributed by atoms with Crippen LogP contribution in [-0.4, -0.2) is 57.0 Å². The van der Waals surface area contributed by atoms with Gasteiger partial charge in [0.2, 0.25) is 0 Å². The number of esters is 1. The molecule has 7 nitrogen and oxygen atoms in total. The van der Waals surface area contributed by atoms with E-state index in [1.807, 2.05) is 26.2 Å². The van der Waals surface area contributed by atoms with Crippen molar-refractivity contribution in [2.24, 2.45) is 17.3 Å². The minimum absolute atomic E-state index is 0.0905. The van der Waals surface area contributed by atoms with Crippen LogP contribution >= 0.6 is 22.9 Å². The van der Waals surface area contributed by atoms with Gasteiger partial charge in [0.05, 0.1) is 51.5 Å². The van der Waals surface area contributed by atoms with Crippen LogP contribution in [0.15, 0.2) is 10.4 Å². The lowest BCUT2D eigenvalue weighted by Crippen LogP contribution is -2.45. The number of ether oxygens (including phenoxy) is 2. The van der Waals surface area contributed by atoms with Crippen LogP contribution in [0.1, 0.15) is 77.4 Å². The van der Waals surface area contributed by atoms with Gasteiger partial charge in [0, 0.05) is 17.7 Å². The molecule has 1 aromatic heterocycles. The molecule has 2 aliphatic heterocycles. The molecule has 7 atom stereocenters. The molecule has 0 radical (unpaired) electrons. The number of carbonyl (C=O) groups excluding carboxylic acids is 2. The van der Waals surface area contributed by atoms with Crippen molar-refractivity contribution in [2.75, 3.05) is 0 Å². The van der Waals surface area contributed by atoms with E-state index in [4.69, 9.17) is 21.1 Å². The Morgan fingerprint density at radius 1 is 1.26 bits per heavy atom. The third-order valence-corrected chi connectivity index (χ3v) is 8.78. The van der Waals surface area contributed by atoms with E-state index in [1.165, 1.54) is 11.3 Å². The monoisotopic (exact) mass is 527 g/mol. The standard InChI is InChI=1S/C26H38ClNO6S/c1-14-8-7-9-26(6)21(34-26)11-19(18(27)10-17-13-35-16(3)28-17)33-22(30)12-20(29)25(4,5)24(32)15(2)23(14)31/h10,13-15,19-21,23,29,31H,7-9,11-12H2,1-6H3/b18-10-/t14-,15+,19-,20+,21?,23-,26?/m0/s1. The quantitative estimate of drug-likeness (QED) is 0.425. The Morgan fingerprint density at radius 2 is 1.94 bits per heavy atom. The summed E-state index contributed by atoms with van der Waals surface area (Å²) in [7, 11) is 0. The molecule has 2 saturated heterocycles. The fourth-order valence-corrected chi connectivity index (χ4v) is 5.68. The largest absolute Gasteiger partial charge is 0.456 e. The number of fused-ring (bicyclic) bond motifs is 1. The molecule has 2 N–H and O–H groups in total. The first-order valence-corrected chi connectivity index (χ1v) is 13.6. The van der Waals surface area contributed by atoms with Crippen LogP contribution in [-0.2, 0) is 19.1 Å². The maximum Gasteiger partial charge on any atom is 0.309 e. The summed E-state index contributed by atoms with van der Waals surface area (Å²) >= 11 is 8.11. The van der Waals surface area contributed by atoms with E-state index in [9.17, 15) is 19.8 Å². The Balaban J connectivity index is 1.85. The lowest BCUT2D eigenvalue weighted by Gasteiger charge is -2.34. The molecule has 196 valence electrons. The van der Waals surface area contributed by atoms with Crippen molar-refractivity contribution in [3.63, 3.8) is 0 Å². The number of cyclic esters (lactones) is 1. The van der Waals surface area contributed by atoms with Gasteiger partial charge in [-0.05, 0) is 38.7 Å². The van der Waals surface area contributed by atoms with Crippen molar-refractivity contribution < 1.29 is 29.3 Å². The second kappa shape index (κ2) is 11.0. The van der Waals surface area contributed by atoms with Gasteiger partial charge < -0.3 is 19.7 Å². The molecule has 0 bridgehead atoms. The lowest BCUT2D eigenvalue weighted by atomic mass is 9.73. The van der Waals surface area contributed by atoms with E-state index >= 15 is 0 Å². The highest BCUT2D eigenvalue weighted by Gasteiger charge is 2.53. The number of thiazole rings is 1. The van der Waals surface area contributed by atoms with Gasteiger partial charge in [-0.1, -0.05) is 45.7 Å². The Morgan fingerprint density at radius 3 is 2.57 bits per heavy atom. The van der Waals surface area contributed by atoms with Gasteiger partial charge in [-0.3, -0.25) is 9.59 Å². The number of halogens is 1. The van der Waals surface area contributed by atoms with Crippen LogP contribution < -0.4 is 0 Å². The van der Waals surface area contributed by atoms with E-state index < -0.39 is 35.6 Å². The summed E-state index contributed by atoms with van der Waals surface area (Å²) < 4.78 is 11.7. The zero-order chi connectivity index (χ0) is 26.1. The Hall–Kier alpha value is -1.32. The van der Waals surface area contributed by atoms with Crippen LogP contribution in [0.5, 0.6) is 0 Å². The van der Waals surface area contributed by atoms with E-state index in [-0.39, 0.29) is 29.8 Å². The van der Waals surface area contributed by atoms with Crippen LogP contribution in [0.25, 0.3) is 6.08 Å². The fraction of sp³-hybridized carbons (Fsp3) is 0.731. The third-order valence-electron chi connectivity index (χ3n) is 7.64. The molecule has 9 heteroatoms. The van der Waals surface area contributed by atoms with Crippen molar-refractivity contribution in [1.29, 1.82) is 0 Å². The maximum atomic E-state index is 13.2. The Labute approximate surface area is 216 Å². The zero-order valence-electron chi connectivity index (χ0n) is 21.4. The molecular formula is C26H38ClNO6S. The molecule has 1 aromatic rings. The highest BCUT2D eigenvalue weighted by molar-refractivity contribution is 7.09. The number of aryl methyl sites for hydroxylation is 1. The Kier molecular flexibility index (Phi) is 8.86. The van der Waals surface area contributed by atoms with Crippen molar-refractivity contribution in [2.45, 2.75) is 104 Å². The summed E-state index contributed by atoms with van der Waals surface area (Å²) in [5.41, 5.74) is -0.904. The molecule has 0 amide bonds. The van der Waals surface area contributed by atoms with Crippen molar-refractivity contribution in [3.05, 3.63) is 21.1 Å². The average molecular weight is 528 g/mol. The molecule has 3 rings (SSSR count). The number of epoxide rings is 1. The van der Waals surface area contributed by atoms with Crippen LogP contribution in [0.3, 0.4) is 0 Å². The number of aliphatic hydroxyl groups excluding tert-OH is 2. The van der Waals surface area contributed by atoms with Gasteiger partial charge in [-0.25, -0.2) is 4.98 Å². The SMILES string of the molecule is Cc1nc(/C=C(\Cl)[C@@H]2CC3OC3(C)CCC[C@H](C)[C@H](O)[C@@H](C)C(=O)C(C)(C)[C@H](O)CC(=O)O2)cs1. The number of nitrogens with zero attached hydrogens (tertiary/aromatic N) is 1. The minimum atomic E-state index is -1.27. The molecular weight excluding hydrogens is 490 g/mol. The molecule has 2 fully saturated rings. The molecule has 2 aliphatic rings. The van der Waals surface area contributed by atoms with Crippen LogP contribution in [0, 0.1) is 24.2 Å². The first-order valence-electron chi connectivity index (χ1n) is 12.3. The summed E-state index contributed by atoms with van der Waals surface area (Å²) in [6.45, 7) is 10.7. The van der Waals surface area contributed by atoms with E-state index in [1.54, 1.807) is 26.8 Å². The summed E-state index contributed by atoms with van der Waals surface area (Å²) in [5, 5.41) is 24.8. The van der Waals surface area contributed by atoms with Crippen molar-refractivity contribution >= 4 is 40.8 Å². The van der Waals surface area contributed by atoms with Crippen molar-refractivity contribution in [3.8, 4) is 0 Å². The van der Waals surface area contributed by atoms with Crippen LogP contribution in [0.2, 0.25) is 0 Å². The topological polar surface area (TPSA) is 109 Å². The smallest absolute Gasteiger partial charge is 0.309 e. The molecule has 0 aliphatic carbocycles. The number of aromatic nitrogens is 1. The zero-order valence-corrected chi connectivity index (χ0v) is 23.0. The lowest BCUT2D eigenvalue weighted by molar-refractivity contribution is -0.154. The third kappa shape index (κ3) is 6.72. The molecule has 35 heavy (non-hydrogen) atoms. The summed E-state index contributed by atoms with van der Waals surface area (Å²) in [5.74, 6) is -1.70. The normalized spacial score (nSPS) is 37.5. The molecule has 0 saturated carbocycles. The number of carbonyl (C=O) groups is 2. The number of aliphatic hydroxyl groups is 2.